The van der Waals surface area contributed by atoms with Crippen LogP contribution in [0.3, 0.4) is 0 Å². The number of nitrogens with two attached hydrogens (primary N) is 1. The van der Waals surface area contributed by atoms with Crippen molar-refractivity contribution >= 4 is 28.1 Å². The summed E-state index contributed by atoms with van der Waals surface area (Å²) >= 11 is 1.49. The first-order valence-electron chi connectivity index (χ1n) is 11.9. The molecule has 0 radical (unpaired) electrons. The van der Waals surface area contributed by atoms with Crippen LogP contribution in [0.25, 0.3) is 10.4 Å². The molecule has 2 aliphatic heterocycles. The van der Waals surface area contributed by atoms with Gasteiger partial charge in [0.15, 0.2) is 0 Å². The molecule has 184 valence electrons. The Balaban J connectivity index is 1.30. The smallest absolute Gasteiger partial charge is 0.251 e. The van der Waals surface area contributed by atoms with Crippen molar-refractivity contribution in [2.24, 2.45) is 5.73 Å². The van der Waals surface area contributed by atoms with Crippen molar-refractivity contribution in [1.82, 2.24) is 19.8 Å². The number of aromatic nitrogens is 2. The van der Waals surface area contributed by atoms with E-state index in [-0.39, 0.29) is 0 Å². The summed E-state index contributed by atoms with van der Waals surface area (Å²) in [5.74, 6) is 0.895. The summed E-state index contributed by atoms with van der Waals surface area (Å²) in [6.45, 7) is 8.26. The SMILES string of the molecule is NC(=O)c1cc(-c2ccc(CN3CCOCC3)cc2)sc1Nc1ccnc(CN2CCOCC2)n1. The molecule has 4 heterocycles. The minimum atomic E-state index is -0.471. The third-order valence-corrected chi connectivity index (χ3v) is 7.26. The summed E-state index contributed by atoms with van der Waals surface area (Å²) in [6.07, 6.45) is 1.73. The van der Waals surface area contributed by atoms with Gasteiger partial charge in [0.2, 0.25) is 0 Å². The zero-order valence-corrected chi connectivity index (χ0v) is 20.4. The van der Waals surface area contributed by atoms with Gasteiger partial charge in [-0.1, -0.05) is 24.3 Å². The zero-order valence-electron chi connectivity index (χ0n) is 19.6. The lowest BCUT2D eigenvalue weighted by molar-refractivity contribution is 0.0331. The number of carbonyl (C=O) groups excluding carboxylic acids is 1. The number of nitrogens with zero attached hydrogens (tertiary/aromatic N) is 4. The van der Waals surface area contributed by atoms with Crippen molar-refractivity contribution in [2.75, 3.05) is 57.9 Å². The minimum Gasteiger partial charge on any atom is -0.379 e. The minimum absolute atomic E-state index is 0.454. The maximum atomic E-state index is 12.2. The van der Waals surface area contributed by atoms with Crippen LogP contribution in [0.2, 0.25) is 0 Å². The Labute approximate surface area is 208 Å². The molecule has 3 aromatic rings. The van der Waals surface area contributed by atoms with E-state index in [0.717, 1.165) is 75.4 Å². The van der Waals surface area contributed by atoms with Gasteiger partial charge >= 0.3 is 0 Å². The van der Waals surface area contributed by atoms with Gasteiger partial charge in [0.1, 0.15) is 16.6 Å². The van der Waals surface area contributed by atoms with Crippen LogP contribution < -0.4 is 11.1 Å². The molecule has 0 saturated carbocycles. The van der Waals surface area contributed by atoms with Crippen LogP contribution >= 0.6 is 11.3 Å². The molecule has 0 spiro atoms. The molecule has 1 aromatic carbocycles. The lowest BCUT2D eigenvalue weighted by atomic mass is 10.1. The molecule has 9 nitrogen and oxygen atoms in total. The molecule has 2 aliphatic rings. The predicted molar refractivity (Wildman–Crippen MR) is 136 cm³/mol. The van der Waals surface area contributed by atoms with E-state index in [0.29, 0.717) is 22.9 Å². The lowest BCUT2D eigenvalue weighted by Gasteiger charge is -2.26. The first kappa shape index (κ1) is 23.8. The van der Waals surface area contributed by atoms with Crippen LogP contribution in [0.1, 0.15) is 21.7 Å². The summed E-state index contributed by atoms with van der Waals surface area (Å²) in [5, 5.41) is 3.97. The number of thiophene rings is 1. The second kappa shape index (κ2) is 11.2. The molecular formula is C25H30N6O3S. The Morgan fingerprint density at radius 3 is 2.29 bits per heavy atom. The van der Waals surface area contributed by atoms with Gasteiger partial charge < -0.3 is 20.5 Å². The predicted octanol–water partition coefficient (Wildman–Crippen LogP) is 2.71. The molecule has 0 unspecified atom stereocenters. The summed E-state index contributed by atoms with van der Waals surface area (Å²) in [5.41, 5.74) is 8.46. The summed E-state index contributed by atoms with van der Waals surface area (Å²) < 4.78 is 10.8. The molecule has 35 heavy (non-hydrogen) atoms. The van der Waals surface area contributed by atoms with Crippen molar-refractivity contribution in [2.45, 2.75) is 13.1 Å². The van der Waals surface area contributed by atoms with E-state index in [9.17, 15) is 4.79 Å². The standard InChI is InChI=1S/C25H30N6O3S/c26-24(32)20-15-21(19-3-1-18(2-4-19)16-30-7-11-33-12-8-30)35-25(20)29-22-5-6-27-23(28-22)17-31-9-13-34-14-10-31/h1-6,15H,7-14,16-17H2,(H2,26,32)(H,27,28,29). The van der Waals surface area contributed by atoms with E-state index in [4.69, 9.17) is 15.2 Å². The van der Waals surface area contributed by atoms with E-state index < -0.39 is 5.91 Å². The lowest BCUT2D eigenvalue weighted by Crippen LogP contribution is -2.36. The van der Waals surface area contributed by atoms with Gasteiger partial charge in [-0.3, -0.25) is 14.6 Å². The maximum absolute atomic E-state index is 12.2. The zero-order chi connectivity index (χ0) is 24.0. The number of rotatable bonds is 8. The van der Waals surface area contributed by atoms with Crippen molar-refractivity contribution in [3.8, 4) is 10.4 Å². The molecule has 10 heteroatoms. The monoisotopic (exact) mass is 494 g/mol. The van der Waals surface area contributed by atoms with Crippen molar-refractivity contribution in [3.63, 3.8) is 0 Å². The highest BCUT2D eigenvalue weighted by atomic mass is 32.1. The van der Waals surface area contributed by atoms with Crippen LogP contribution in [0.4, 0.5) is 10.8 Å². The summed E-state index contributed by atoms with van der Waals surface area (Å²) in [4.78, 5) is 26.9. The number of carbonyl (C=O) groups is 1. The summed E-state index contributed by atoms with van der Waals surface area (Å²) in [7, 11) is 0. The fourth-order valence-corrected chi connectivity index (χ4v) is 5.30. The van der Waals surface area contributed by atoms with Crippen LogP contribution in [0.15, 0.2) is 42.6 Å². The molecule has 0 bridgehead atoms. The van der Waals surface area contributed by atoms with Crippen molar-refractivity contribution in [1.29, 1.82) is 0 Å². The maximum Gasteiger partial charge on any atom is 0.251 e. The van der Waals surface area contributed by atoms with Crippen LogP contribution in [0.5, 0.6) is 0 Å². The van der Waals surface area contributed by atoms with Gasteiger partial charge in [0, 0.05) is 43.8 Å². The van der Waals surface area contributed by atoms with Crippen LogP contribution in [-0.2, 0) is 22.6 Å². The Kier molecular flexibility index (Phi) is 7.65. The van der Waals surface area contributed by atoms with Gasteiger partial charge in [-0.25, -0.2) is 9.97 Å². The number of anilines is 2. The number of morpholine rings is 2. The first-order chi connectivity index (χ1) is 17.1. The fraction of sp³-hybridized carbons (Fsp3) is 0.400. The highest BCUT2D eigenvalue weighted by molar-refractivity contribution is 7.19. The van der Waals surface area contributed by atoms with E-state index in [2.05, 4.69) is 49.4 Å². The average Bonchev–Trinajstić information content (AvgIpc) is 3.30. The van der Waals surface area contributed by atoms with Crippen molar-refractivity contribution < 1.29 is 14.3 Å². The molecule has 2 saturated heterocycles. The Morgan fingerprint density at radius 1 is 0.971 bits per heavy atom. The topological polar surface area (TPSA) is 106 Å². The molecule has 2 aromatic heterocycles. The normalized spacial score (nSPS) is 17.4. The average molecular weight is 495 g/mol. The first-order valence-corrected chi connectivity index (χ1v) is 12.7. The second-order valence-electron chi connectivity index (χ2n) is 8.67. The number of benzene rings is 1. The van der Waals surface area contributed by atoms with Gasteiger partial charge in [-0.05, 0) is 23.3 Å². The van der Waals surface area contributed by atoms with Crippen LogP contribution in [-0.4, -0.2) is 78.3 Å². The number of hydrogen-bond acceptors (Lipinski definition) is 9. The van der Waals surface area contributed by atoms with Crippen molar-refractivity contribution in [3.05, 3.63) is 59.5 Å². The third-order valence-electron chi connectivity index (χ3n) is 6.16. The molecule has 1 amide bonds. The molecule has 0 aliphatic carbocycles. The molecular weight excluding hydrogens is 464 g/mol. The van der Waals surface area contributed by atoms with Gasteiger partial charge in [-0.2, -0.15) is 0 Å². The van der Waals surface area contributed by atoms with Crippen LogP contribution in [0, 0.1) is 0 Å². The van der Waals surface area contributed by atoms with E-state index in [1.807, 2.05) is 6.07 Å². The third kappa shape index (κ3) is 6.22. The van der Waals surface area contributed by atoms with E-state index >= 15 is 0 Å². The Morgan fingerprint density at radius 2 is 1.63 bits per heavy atom. The molecule has 3 N–H and O–H groups in total. The second-order valence-corrected chi connectivity index (χ2v) is 9.73. The summed E-state index contributed by atoms with van der Waals surface area (Å²) in [6, 6.07) is 12.1. The molecule has 2 fully saturated rings. The van der Waals surface area contributed by atoms with Gasteiger partial charge in [0.25, 0.3) is 5.91 Å². The molecule has 0 atom stereocenters. The number of hydrogen-bond donors (Lipinski definition) is 2. The number of ether oxygens (including phenoxy) is 2. The van der Waals surface area contributed by atoms with Gasteiger partial charge in [0.05, 0.1) is 38.5 Å². The Hall–Kier alpha value is -2.89. The largest absolute Gasteiger partial charge is 0.379 e. The number of amides is 1. The van der Waals surface area contributed by atoms with E-state index in [1.165, 1.54) is 16.9 Å². The Bertz CT molecular complexity index is 1140. The number of nitrogens with one attached hydrogen (secondary N) is 1. The fourth-order valence-electron chi connectivity index (χ4n) is 4.22. The molecule has 5 rings (SSSR count). The quantitative estimate of drug-likeness (QED) is 0.493. The highest BCUT2D eigenvalue weighted by Crippen LogP contribution is 2.37. The van der Waals surface area contributed by atoms with E-state index in [1.54, 1.807) is 12.3 Å². The number of primary amides is 1. The van der Waals surface area contributed by atoms with Gasteiger partial charge in [-0.15, -0.1) is 11.3 Å². The highest BCUT2D eigenvalue weighted by Gasteiger charge is 2.17.